The van der Waals surface area contributed by atoms with Gasteiger partial charge < -0.3 is 0 Å². The summed E-state index contributed by atoms with van der Waals surface area (Å²) in [6.07, 6.45) is 6.99. The smallest absolute Gasteiger partial charge is 0.258 e. The predicted octanol–water partition coefficient (Wildman–Crippen LogP) is 3.96. The zero-order chi connectivity index (χ0) is 17.2. The maximum absolute atomic E-state index is 10.8. The number of thiazole rings is 1. The molecule has 7 nitrogen and oxygen atoms in total. The van der Waals surface area contributed by atoms with Crippen molar-refractivity contribution < 1.29 is 4.92 Å². The second-order valence-electron chi connectivity index (χ2n) is 5.23. The second kappa shape index (κ2) is 6.25. The van der Waals surface area contributed by atoms with Gasteiger partial charge in [0.05, 0.1) is 20.8 Å². The van der Waals surface area contributed by atoms with Gasteiger partial charge in [0.25, 0.3) is 5.69 Å². The van der Waals surface area contributed by atoms with Crippen molar-refractivity contribution in [3.8, 4) is 5.69 Å². The summed E-state index contributed by atoms with van der Waals surface area (Å²) in [6, 6.07) is 12.6. The molecule has 0 spiro atoms. The van der Waals surface area contributed by atoms with E-state index in [4.69, 9.17) is 0 Å². The van der Waals surface area contributed by atoms with Crippen molar-refractivity contribution in [3.63, 3.8) is 0 Å². The van der Waals surface area contributed by atoms with E-state index in [1.165, 1.54) is 29.8 Å². The number of nitro groups is 1. The van der Waals surface area contributed by atoms with E-state index in [1.807, 2.05) is 36.4 Å². The molecule has 4 rings (SSSR count). The number of hydrogen-bond donors (Lipinski definition) is 0. The Bertz CT molecular complexity index is 1070. The first-order valence-corrected chi connectivity index (χ1v) is 8.19. The van der Waals surface area contributed by atoms with E-state index < -0.39 is 4.92 Å². The molecule has 2 aromatic carbocycles. The fourth-order valence-corrected chi connectivity index (χ4v) is 3.22. The lowest BCUT2D eigenvalue weighted by Gasteiger charge is -2.00. The van der Waals surface area contributed by atoms with Crippen molar-refractivity contribution in [2.75, 3.05) is 0 Å². The number of hydrogen-bond acceptors (Lipinski definition) is 6. The van der Waals surface area contributed by atoms with Gasteiger partial charge in [0.15, 0.2) is 0 Å². The minimum atomic E-state index is -0.412. The highest BCUT2D eigenvalue weighted by molar-refractivity contribution is 7.19. The van der Waals surface area contributed by atoms with Gasteiger partial charge in [-0.05, 0) is 29.8 Å². The average Bonchev–Trinajstić information content (AvgIpc) is 3.29. The summed E-state index contributed by atoms with van der Waals surface area (Å²) in [7, 11) is 0. The van der Waals surface area contributed by atoms with Crippen LogP contribution in [0.1, 0.15) is 10.6 Å². The standard InChI is InChI=1S/C17H11N5O2S/c23-22(24)14-6-7-16-15(9-14)20-17(25-16)8-3-12-1-4-13(5-2-12)21-11-18-10-19-21/h1-11H/b8-3+. The van der Waals surface area contributed by atoms with Gasteiger partial charge in [-0.3, -0.25) is 10.1 Å². The minimum Gasteiger partial charge on any atom is -0.258 e. The van der Waals surface area contributed by atoms with E-state index in [1.54, 1.807) is 17.1 Å². The quantitative estimate of drug-likeness (QED) is 0.411. The first-order valence-electron chi connectivity index (χ1n) is 7.37. The number of rotatable bonds is 4. The molecule has 0 aliphatic rings. The summed E-state index contributed by atoms with van der Waals surface area (Å²) < 4.78 is 2.61. The van der Waals surface area contributed by atoms with Crippen LogP contribution in [0.5, 0.6) is 0 Å². The summed E-state index contributed by atoms with van der Waals surface area (Å²) in [5.74, 6) is 0. The molecule has 8 heteroatoms. The Balaban J connectivity index is 1.57. The van der Waals surface area contributed by atoms with Crippen molar-refractivity contribution in [2.45, 2.75) is 0 Å². The predicted molar refractivity (Wildman–Crippen MR) is 96.6 cm³/mol. The molecule has 0 atom stereocenters. The molecule has 2 heterocycles. The van der Waals surface area contributed by atoms with Gasteiger partial charge in [-0.1, -0.05) is 18.2 Å². The Hall–Kier alpha value is -3.39. The zero-order valence-electron chi connectivity index (χ0n) is 12.8. The molecule has 0 bridgehead atoms. The van der Waals surface area contributed by atoms with E-state index >= 15 is 0 Å². The van der Waals surface area contributed by atoms with Crippen LogP contribution in [-0.4, -0.2) is 24.7 Å². The van der Waals surface area contributed by atoms with E-state index in [0.717, 1.165) is 21.0 Å². The summed E-state index contributed by atoms with van der Waals surface area (Å²) in [6.45, 7) is 0. The normalized spacial score (nSPS) is 11.4. The summed E-state index contributed by atoms with van der Waals surface area (Å²) >= 11 is 1.50. The lowest BCUT2D eigenvalue weighted by molar-refractivity contribution is -0.384. The van der Waals surface area contributed by atoms with Gasteiger partial charge in [-0.25, -0.2) is 14.6 Å². The highest BCUT2D eigenvalue weighted by Gasteiger charge is 2.09. The molecule has 0 amide bonds. The molecule has 0 saturated heterocycles. The molecular weight excluding hydrogens is 338 g/mol. The fraction of sp³-hybridized carbons (Fsp3) is 0. The molecule has 0 fully saturated rings. The Morgan fingerprint density at radius 2 is 1.96 bits per heavy atom. The highest BCUT2D eigenvalue weighted by atomic mass is 32.1. The summed E-state index contributed by atoms with van der Waals surface area (Å²) in [4.78, 5) is 18.8. The summed E-state index contributed by atoms with van der Waals surface area (Å²) in [5, 5.41) is 15.7. The van der Waals surface area contributed by atoms with Crippen molar-refractivity contribution >= 4 is 39.4 Å². The van der Waals surface area contributed by atoms with Gasteiger partial charge in [0, 0.05) is 12.1 Å². The molecule has 122 valence electrons. The van der Waals surface area contributed by atoms with Crippen molar-refractivity contribution in [1.29, 1.82) is 0 Å². The molecule has 4 aromatic rings. The largest absolute Gasteiger partial charge is 0.271 e. The first kappa shape index (κ1) is 15.2. The third-order valence-electron chi connectivity index (χ3n) is 3.59. The number of nitrogens with zero attached hydrogens (tertiary/aromatic N) is 5. The minimum absolute atomic E-state index is 0.0528. The molecule has 0 N–H and O–H groups in total. The van der Waals surface area contributed by atoms with Crippen LogP contribution >= 0.6 is 11.3 Å². The van der Waals surface area contributed by atoms with Gasteiger partial charge in [-0.2, -0.15) is 5.10 Å². The van der Waals surface area contributed by atoms with Crippen LogP contribution < -0.4 is 0 Å². The zero-order valence-corrected chi connectivity index (χ0v) is 13.6. The lowest BCUT2D eigenvalue weighted by Crippen LogP contribution is -1.93. The average molecular weight is 349 g/mol. The number of nitro benzene ring substituents is 1. The van der Waals surface area contributed by atoms with Crippen molar-refractivity contribution in [1.82, 2.24) is 19.7 Å². The Morgan fingerprint density at radius 1 is 1.12 bits per heavy atom. The van der Waals surface area contributed by atoms with Crippen molar-refractivity contribution in [3.05, 3.63) is 75.8 Å². The van der Waals surface area contributed by atoms with Crippen LogP contribution in [-0.2, 0) is 0 Å². The van der Waals surface area contributed by atoms with E-state index in [-0.39, 0.29) is 5.69 Å². The lowest BCUT2D eigenvalue weighted by atomic mass is 10.2. The maximum atomic E-state index is 10.8. The monoisotopic (exact) mass is 349 g/mol. The number of aromatic nitrogens is 4. The maximum Gasteiger partial charge on any atom is 0.271 e. The van der Waals surface area contributed by atoms with Crippen LogP contribution in [0, 0.1) is 10.1 Å². The number of fused-ring (bicyclic) bond motifs is 1. The highest BCUT2D eigenvalue weighted by Crippen LogP contribution is 2.27. The molecule has 0 unspecified atom stereocenters. The van der Waals surface area contributed by atoms with E-state index in [2.05, 4.69) is 15.1 Å². The van der Waals surface area contributed by atoms with Crippen LogP contribution in [0.3, 0.4) is 0 Å². The van der Waals surface area contributed by atoms with Gasteiger partial charge in [-0.15, -0.1) is 11.3 Å². The SMILES string of the molecule is O=[N+]([O-])c1ccc2sc(/C=C/c3ccc(-n4cncn4)cc3)nc2c1. The van der Waals surface area contributed by atoms with Crippen LogP contribution in [0.15, 0.2) is 55.1 Å². The Morgan fingerprint density at radius 3 is 2.68 bits per heavy atom. The third kappa shape index (κ3) is 3.15. The number of non-ortho nitro benzene ring substituents is 1. The molecule has 0 saturated carbocycles. The third-order valence-corrected chi connectivity index (χ3v) is 4.59. The topological polar surface area (TPSA) is 86.7 Å². The fourth-order valence-electron chi connectivity index (χ4n) is 2.37. The Kier molecular flexibility index (Phi) is 3.79. The van der Waals surface area contributed by atoms with Gasteiger partial charge >= 0.3 is 0 Å². The van der Waals surface area contributed by atoms with Crippen LogP contribution in [0.25, 0.3) is 28.1 Å². The molecule has 2 aromatic heterocycles. The molecule has 0 aliphatic heterocycles. The van der Waals surface area contributed by atoms with E-state index in [9.17, 15) is 10.1 Å². The molecular formula is C17H11N5O2S. The number of benzene rings is 2. The van der Waals surface area contributed by atoms with Crippen LogP contribution in [0.4, 0.5) is 5.69 Å². The Labute approximate surface area is 146 Å². The van der Waals surface area contributed by atoms with Gasteiger partial charge in [0.1, 0.15) is 17.7 Å². The second-order valence-corrected chi connectivity index (χ2v) is 6.29. The van der Waals surface area contributed by atoms with Gasteiger partial charge in [0.2, 0.25) is 0 Å². The van der Waals surface area contributed by atoms with E-state index in [0.29, 0.717) is 5.52 Å². The molecule has 25 heavy (non-hydrogen) atoms. The molecule has 0 aliphatic carbocycles. The van der Waals surface area contributed by atoms with Crippen molar-refractivity contribution in [2.24, 2.45) is 0 Å². The molecule has 0 radical (unpaired) electrons. The van der Waals surface area contributed by atoms with Crippen LogP contribution in [0.2, 0.25) is 0 Å². The summed E-state index contributed by atoms with van der Waals surface area (Å²) in [5.41, 5.74) is 2.65. The first-order chi connectivity index (χ1) is 12.2.